The van der Waals surface area contributed by atoms with Crippen LogP contribution >= 0.6 is 0 Å². The van der Waals surface area contributed by atoms with Gasteiger partial charge in [-0.2, -0.15) is 0 Å². The molecule has 0 N–H and O–H groups in total. The van der Waals surface area contributed by atoms with Crippen LogP contribution in [0.25, 0.3) is 0 Å². The predicted octanol–water partition coefficient (Wildman–Crippen LogP) is 9.07. The number of hydrogen-bond acceptors (Lipinski definition) is 2. The molecule has 2 heterocycles. The number of carbonyl (C=O) groups excluding carboxylic acids is 1. The highest BCUT2D eigenvalue weighted by atomic mass is 16.2. The molecular weight excluding hydrogens is 452 g/mol. The van der Waals surface area contributed by atoms with Crippen molar-refractivity contribution in [3.8, 4) is 0 Å². The van der Waals surface area contributed by atoms with Crippen LogP contribution in [0.1, 0.15) is 100 Å². The fourth-order valence-electron chi connectivity index (χ4n) is 5.07. The van der Waals surface area contributed by atoms with Gasteiger partial charge >= 0.3 is 0 Å². The van der Waals surface area contributed by atoms with Crippen molar-refractivity contribution in [2.24, 2.45) is 5.41 Å². The number of rotatable bonds is 10. The maximum atomic E-state index is 12.7. The smallest absolute Gasteiger partial charge is 0.222 e. The molecule has 0 aromatic rings. The van der Waals surface area contributed by atoms with Crippen LogP contribution in [-0.4, -0.2) is 48.4 Å². The average molecular weight is 511 g/mol. The van der Waals surface area contributed by atoms with Crippen molar-refractivity contribution in [2.75, 3.05) is 32.7 Å². The van der Waals surface area contributed by atoms with Crippen LogP contribution in [-0.2, 0) is 4.79 Å². The Morgan fingerprint density at radius 3 is 2.19 bits per heavy atom. The van der Waals surface area contributed by atoms with E-state index in [-0.39, 0.29) is 5.41 Å². The largest absolute Gasteiger partial charge is 0.342 e. The molecule has 2 fully saturated rings. The Hall–Kier alpha value is -2.13. The number of carbonyl (C=O) groups is 1. The molecule has 0 atom stereocenters. The first kappa shape index (κ1) is 34.9. The zero-order valence-electron chi connectivity index (χ0n) is 25.7. The number of hydrogen-bond donors (Lipinski definition) is 0. The Bertz CT molecular complexity index is 800. The van der Waals surface area contributed by atoms with Crippen molar-refractivity contribution in [3.63, 3.8) is 0 Å². The molecule has 3 nitrogen and oxygen atoms in total. The summed E-state index contributed by atoms with van der Waals surface area (Å²) in [5.41, 5.74) is 5.50. The van der Waals surface area contributed by atoms with Crippen LogP contribution < -0.4 is 0 Å². The molecule has 2 aliphatic rings. The maximum absolute atomic E-state index is 12.7. The van der Waals surface area contributed by atoms with Crippen LogP contribution in [0.15, 0.2) is 71.9 Å². The Balaban J connectivity index is 0.00000308. The summed E-state index contributed by atoms with van der Waals surface area (Å²) >= 11 is 0. The molecule has 0 unspecified atom stereocenters. The zero-order valence-corrected chi connectivity index (χ0v) is 25.7. The van der Waals surface area contributed by atoms with Crippen molar-refractivity contribution >= 4 is 5.91 Å². The van der Waals surface area contributed by atoms with Gasteiger partial charge in [0.05, 0.1) is 0 Å². The Kier molecular flexibility index (Phi) is 18.8. The first-order chi connectivity index (χ1) is 17.8. The van der Waals surface area contributed by atoms with Gasteiger partial charge in [0.25, 0.3) is 0 Å². The van der Waals surface area contributed by atoms with E-state index in [0.717, 1.165) is 70.4 Å². The number of piperidine rings is 2. The lowest BCUT2D eigenvalue weighted by Gasteiger charge is -2.38. The summed E-state index contributed by atoms with van der Waals surface area (Å²) in [5, 5.41) is 0. The predicted molar refractivity (Wildman–Crippen MR) is 166 cm³/mol. The molecule has 1 amide bonds. The van der Waals surface area contributed by atoms with Gasteiger partial charge in [-0.05, 0) is 74.1 Å². The average Bonchev–Trinajstić information content (AvgIpc) is 2.92. The summed E-state index contributed by atoms with van der Waals surface area (Å²) in [7, 11) is 0. The van der Waals surface area contributed by atoms with Gasteiger partial charge in [0.2, 0.25) is 5.91 Å². The van der Waals surface area contributed by atoms with Crippen LogP contribution in [0.5, 0.6) is 0 Å². The minimum atomic E-state index is 0.268. The number of likely N-dealkylation sites (tertiary alicyclic amines) is 2. The molecule has 2 rings (SSSR count). The Labute approximate surface area is 230 Å². The summed E-state index contributed by atoms with van der Waals surface area (Å²) < 4.78 is 0. The third-order valence-electron chi connectivity index (χ3n) is 6.87. The van der Waals surface area contributed by atoms with E-state index < -0.39 is 0 Å². The molecule has 0 saturated carbocycles. The van der Waals surface area contributed by atoms with Gasteiger partial charge in [-0.1, -0.05) is 104 Å². The summed E-state index contributed by atoms with van der Waals surface area (Å²) in [6.07, 6.45) is 19.7. The van der Waals surface area contributed by atoms with E-state index in [9.17, 15) is 4.79 Å². The number of amides is 1. The van der Waals surface area contributed by atoms with Gasteiger partial charge in [-0.3, -0.25) is 4.79 Å². The van der Waals surface area contributed by atoms with Gasteiger partial charge in [-0.25, -0.2) is 0 Å². The molecule has 3 heteroatoms. The summed E-state index contributed by atoms with van der Waals surface area (Å²) in [6, 6.07) is 0. The van der Waals surface area contributed by atoms with Crippen molar-refractivity contribution in [1.29, 1.82) is 0 Å². The Morgan fingerprint density at radius 2 is 1.68 bits per heavy atom. The fourth-order valence-corrected chi connectivity index (χ4v) is 5.07. The van der Waals surface area contributed by atoms with E-state index in [1.807, 2.05) is 39.8 Å². The monoisotopic (exact) mass is 510 g/mol. The van der Waals surface area contributed by atoms with E-state index in [1.54, 1.807) is 0 Å². The minimum Gasteiger partial charge on any atom is -0.342 e. The van der Waals surface area contributed by atoms with Gasteiger partial charge in [0, 0.05) is 32.6 Å². The molecule has 37 heavy (non-hydrogen) atoms. The topological polar surface area (TPSA) is 23.6 Å². The molecule has 0 bridgehead atoms. The van der Waals surface area contributed by atoms with Crippen LogP contribution in [0.2, 0.25) is 0 Å². The van der Waals surface area contributed by atoms with Crippen molar-refractivity contribution in [1.82, 2.24) is 9.80 Å². The van der Waals surface area contributed by atoms with E-state index in [4.69, 9.17) is 0 Å². The van der Waals surface area contributed by atoms with Crippen LogP contribution in [0.3, 0.4) is 0 Å². The van der Waals surface area contributed by atoms with Crippen molar-refractivity contribution < 1.29 is 4.79 Å². The summed E-state index contributed by atoms with van der Waals surface area (Å²) in [5.74, 6) is 0.341. The van der Waals surface area contributed by atoms with Gasteiger partial charge in [0.1, 0.15) is 0 Å². The lowest BCUT2D eigenvalue weighted by Crippen LogP contribution is -2.43. The highest BCUT2D eigenvalue weighted by Gasteiger charge is 2.29. The van der Waals surface area contributed by atoms with E-state index in [1.165, 1.54) is 23.1 Å². The lowest BCUT2D eigenvalue weighted by atomic mass is 9.84. The second-order valence-electron chi connectivity index (χ2n) is 10.1. The SMILES string of the molecule is C=C/C=C(\C=C)C(=C1CCN(CCCC(=O)N2CCCC(C)(C)C2)CC1)C(/C=C\CC)=C/C.CC.CC. The summed E-state index contributed by atoms with van der Waals surface area (Å²) in [6.45, 7) is 29.8. The van der Waals surface area contributed by atoms with Crippen molar-refractivity contribution in [3.05, 3.63) is 71.9 Å². The minimum absolute atomic E-state index is 0.268. The quantitative estimate of drug-likeness (QED) is 0.274. The van der Waals surface area contributed by atoms with Gasteiger partial charge in [-0.15, -0.1) is 0 Å². The highest BCUT2D eigenvalue weighted by molar-refractivity contribution is 5.76. The van der Waals surface area contributed by atoms with Gasteiger partial charge < -0.3 is 9.80 Å². The Morgan fingerprint density at radius 1 is 1.03 bits per heavy atom. The number of nitrogens with zero attached hydrogens (tertiary/aromatic N) is 2. The lowest BCUT2D eigenvalue weighted by molar-refractivity contribution is -0.134. The molecule has 0 aromatic carbocycles. The van der Waals surface area contributed by atoms with Gasteiger partial charge in [0.15, 0.2) is 0 Å². The maximum Gasteiger partial charge on any atom is 0.222 e. The molecule has 0 spiro atoms. The van der Waals surface area contributed by atoms with E-state index in [2.05, 4.69) is 75.0 Å². The normalized spacial score (nSPS) is 18.4. The first-order valence-corrected chi connectivity index (χ1v) is 14.9. The van der Waals surface area contributed by atoms with E-state index in [0.29, 0.717) is 12.3 Å². The molecule has 2 saturated heterocycles. The molecule has 0 aliphatic carbocycles. The molecule has 0 radical (unpaired) electrons. The number of allylic oxidation sites excluding steroid dienone is 9. The van der Waals surface area contributed by atoms with E-state index >= 15 is 0 Å². The molecular formula is C34H58N2O. The highest BCUT2D eigenvalue weighted by Crippen LogP contribution is 2.32. The van der Waals surface area contributed by atoms with Crippen molar-refractivity contribution in [2.45, 2.75) is 100 Å². The molecule has 2 aliphatic heterocycles. The summed E-state index contributed by atoms with van der Waals surface area (Å²) in [4.78, 5) is 17.3. The second kappa shape index (κ2) is 19.9. The van der Waals surface area contributed by atoms with Crippen LogP contribution in [0, 0.1) is 5.41 Å². The third kappa shape index (κ3) is 12.3. The standard InChI is InChI=1S/C30H46N2O.2C2H6/c1-7-11-15-26(10-4)29(25(9-3)14-8-2)27-17-22-31(23-18-27)20-12-16-28(33)32-21-13-19-30(5,6)24-32;2*1-2/h8-11,14-15H,2-3,7,12-13,16-24H2,1,4-6H3;2*1-2H3/b15-11-,25-14+,26-10+;;. The zero-order chi connectivity index (χ0) is 28.3. The molecule has 0 aromatic heterocycles. The first-order valence-electron chi connectivity index (χ1n) is 14.9. The molecule has 210 valence electrons. The van der Waals surface area contributed by atoms with Crippen LogP contribution in [0.4, 0.5) is 0 Å². The second-order valence-corrected chi connectivity index (χ2v) is 10.1. The fraction of sp³-hybridized carbons (Fsp3) is 0.618. The third-order valence-corrected chi connectivity index (χ3v) is 6.87.